The third-order valence-corrected chi connectivity index (χ3v) is 6.65. The highest BCUT2D eigenvalue weighted by atomic mass is 32.2. The number of carbonyl (C=O) groups is 1. The summed E-state index contributed by atoms with van der Waals surface area (Å²) in [4.78, 5) is 16.8. The summed E-state index contributed by atoms with van der Waals surface area (Å²) in [7, 11) is 0. The number of carbonyl (C=O) groups excluding carboxylic acids is 1. The van der Waals surface area contributed by atoms with Gasteiger partial charge in [0.15, 0.2) is 0 Å². The number of nitrogens with one attached hydrogen (secondary N) is 1. The van der Waals surface area contributed by atoms with Gasteiger partial charge in [-0.15, -0.1) is 11.8 Å². The second-order valence-corrected chi connectivity index (χ2v) is 9.08. The molecule has 0 aromatic heterocycles. The molecule has 0 fully saturated rings. The van der Waals surface area contributed by atoms with Crippen molar-refractivity contribution in [3.8, 4) is 5.75 Å². The smallest absolute Gasteiger partial charge is 0.255 e. The number of unbranched alkanes of at least 4 members (excludes halogenated alkanes) is 1. The van der Waals surface area contributed by atoms with Crippen molar-refractivity contribution in [2.45, 2.75) is 50.6 Å². The van der Waals surface area contributed by atoms with Gasteiger partial charge in [0.2, 0.25) is 0 Å². The van der Waals surface area contributed by atoms with E-state index >= 15 is 0 Å². The maximum absolute atomic E-state index is 13.1. The lowest BCUT2D eigenvalue weighted by Crippen LogP contribution is -2.35. The maximum atomic E-state index is 13.1. The fourth-order valence-corrected chi connectivity index (χ4v) is 5.11. The first-order valence-corrected chi connectivity index (χ1v) is 11.7. The second-order valence-electron chi connectivity index (χ2n) is 7.74. The van der Waals surface area contributed by atoms with Gasteiger partial charge >= 0.3 is 0 Å². The minimum Gasteiger partial charge on any atom is -0.492 e. The van der Waals surface area contributed by atoms with Crippen LogP contribution in [-0.4, -0.2) is 36.3 Å². The minimum absolute atomic E-state index is 0.0264. The summed E-state index contributed by atoms with van der Waals surface area (Å²) in [5.74, 6) is 1.74. The molecular formula is C24H30N2O2S. The molecule has 0 spiro atoms. The zero-order chi connectivity index (χ0) is 20.2. The van der Waals surface area contributed by atoms with Crippen molar-refractivity contribution in [1.29, 1.82) is 0 Å². The molecule has 2 aliphatic heterocycles. The molecule has 2 heterocycles. The first-order valence-electron chi connectivity index (χ1n) is 10.7. The van der Waals surface area contributed by atoms with Gasteiger partial charge in [0.1, 0.15) is 5.75 Å². The van der Waals surface area contributed by atoms with Gasteiger partial charge in [-0.1, -0.05) is 44.5 Å². The molecule has 29 heavy (non-hydrogen) atoms. The Balaban J connectivity index is 1.51. The molecule has 4 nitrogen and oxygen atoms in total. The number of hydrogen-bond donors (Lipinski definition) is 1. The Labute approximate surface area is 178 Å². The van der Waals surface area contributed by atoms with Crippen LogP contribution in [0.25, 0.3) is 0 Å². The lowest BCUT2D eigenvalue weighted by Gasteiger charge is -2.25. The molecule has 1 N–H and O–H groups in total. The standard InChI is InChI=1S/C24H30N2O2S/c1-3-5-11-26-16-18-8-6-7-9-20(18)22(26)15-25-24(27)21-14-19(29-4-2)13-17-10-12-28-23(17)21/h6-9,13-14,22H,3-5,10-12,15-16H2,1-2H3,(H,25,27)/t22-/m1/s1. The van der Waals surface area contributed by atoms with Crippen molar-refractivity contribution >= 4 is 17.7 Å². The summed E-state index contributed by atoms with van der Waals surface area (Å²) in [6.45, 7) is 7.68. The highest BCUT2D eigenvalue weighted by Crippen LogP contribution is 2.36. The Morgan fingerprint density at radius 3 is 2.93 bits per heavy atom. The Morgan fingerprint density at radius 2 is 2.10 bits per heavy atom. The second kappa shape index (κ2) is 9.23. The molecule has 2 aliphatic rings. The van der Waals surface area contributed by atoms with Crippen molar-refractivity contribution in [1.82, 2.24) is 10.2 Å². The van der Waals surface area contributed by atoms with Gasteiger partial charge in [0, 0.05) is 24.4 Å². The van der Waals surface area contributed by atoms with E-state index in [1.165, 1.54) is 24.0 Å². The number of ether oxygens (including phenoxy) is 1. The molecule has 154 valence electrons. The summed E-state index contributed by atoms with van der Waals surface area (Å²) in [5.41, 5.74) is 4.57. The van der Waals surface area contributed by atoms with Gasteiger partial charge in [-0.2, -0.15) is 0 Å². The maximum Gasteiger partial charge on any atom is 0.255 e. The molecule has 0 unspecified atom stereocenters. The normalized spacial score (nSPS) is 17.7. The van der Waals surface area contributed by atoms with Gasteiger partial charge < -0.3 is 10.1 Å². The number of amides is 1. The number of hydrogen-bond acceptors (Lipinski definition) is 4. The number of nitrogens with zero attached hydrogens (tertiary/aromatic N) is 1. The van der Waals surface area contributed by atoms with Crippen LogP contribution < -0.4 is 10.1 Å². The van der Waals surface area contributed by atoms with Crippen LogP contribution in [0.4, 0.5) is 0 Å². The van der Waals surface area contributed by atoms with Crippen LogP contribution in [0.3, 0.4) is 0 Å². The van der Waals surface area contributed by atoms with Crippen molar-refractivity contribution in [2.24, 2.45) is 0 Å². The number of benzene rings is 2. The fraction of sp³-hybridized carbons (Fsp3) is 0.458. The van der Waals surface area contributed by atoms with Crippen molar-refractivity contribution in [3.05, 3.63) is 58.7 Å². The summed E-state index contributed by atoms with van der Waals surface area (Å²) in [6, 6.07) is 13.0. The van der Waals surface area contributed by atoms with Crippen molar-refractivity contribution in [2.75, 3.05) is 25.4 Å². The number of thioether (sulfide) groups is 1. The van der Waals surface area contributed by atoms with Crippen LogP contribution in [0.2, 0.25) is 0 Å². The van der Waals surface area contributed by atoms with E-state index in [1.54, 1.807) is 11.8 Å². The van der Waals surface area contributed by atoms with Crippen LogP contribution in [0, 0.1) is 0 Å². The van der Waals surface area contributed by atoms with Gasteiger partial charge in [0.25, 0.3) is 5.91 Å². The SMILES string of the molecule is CCCCN1Cc2ccccc2[C@H]1CNC(=O)c1cc(SCC)cc2c1OCC2. The fourth-order valence-electron chi connectivity index (χ4n) is 4.35. The average Bonchev–Trinajstić information content (AvgIpc) is 3.34. The number of fused-ring (bicyclic) bond motifs is 2. The predicted octanol–water partition coefficient (Wildman–Crippen LogP) is 4.82. The van der Waals surface area contributed by atoms with Crippen molar-refractivity contribution < 1.29 is 9.53 Å². The largest absolute Gasteiger partial charge is 0.492 e. The van der Waals surface area contributed by atoms with E-state index in [1.807, 2.05) is 6.07 Å². The number of rotatable bonds is 8. The molecule has 2 aromatic rings. The van der Waals surface area contributed by atoms with Crippen LogP contribution in [0.5, 0.6) is 5.75 Å². The summed E-state index contributed by atoms with van der Waals surface area (Å²) < 4.78 is 5.81. The first-order chi connectivity index (χ1) is 14.2. The van der Waals surface area contributed by atoms with E-state index < -0.39 is 0 Å². The van der Waals surface area contributed by atoms with Crippen LogP contribution in [0.15, 0.2) is 41.3 Å². The van der Waals surface area contributed by atoms with E-state index in [0.717, 1.165) is 41.5 Å². The molecular weight excluding hydrogens is 380 g/mol. The van der Waals surface area contributed by atoms with E-state index in [0.29, 0.717) is 18.7 Å². The van der Waals surface area contributed by atoms with Crippen molar-refractivity contribution in [3.63, 3.8) is 0 Å². The monoisotopic (exact) mass is 410 g/mol. The first kappa shape index (κ1) is 20.3. The Hall–Kier alpha value is -1.98. The lowest BCUT2D eigenvalue weighted by atomic mass is 10.0. The quantitative estimate of drug-likeness (QED) is 0.634. The zero-order valence-electron chi connectivity index (χ0n) is 17.4. The molecule has 2 aromatic carbocycles. The molecule has 0 saturated heterocycles. The van der Waals surface area contributed by atoms with Gasteiger partial charge in [-0.3, -0.25) is 9.69 Å². The van der Waals surface area contributed by atoms with Gasteiger partial charge in [0.05, 0.1) is 18.2 Å². The molecule has 0 saturated carbocycles. The predicted molar refractivity (Wildman–Crippen MR) is 119 cm³/mol. The van der Waals surface area contributed by atoms with Crippen LogP contribution in [-0.2, 0) is 13.0 Å². The summed E-state index contributed by atoms with van der Waals surface area (Å²) >= 11 is 1.77. The Bertz CT molecular complexity index is 883. The van der Waals surface area contributed by atoms with E-state index in [4.69, 9.17) is 4.74 Å². The zero-order valence-corrected chi connectivity index (χ0v) is 18.2. The van der Waals surface area contributed by atoms with Gasteiger partial charge in [-0.05, 0) is 47.5 Å². The third kappa shape index (κ3) is 4.31. The topological polar surface area (TPSA) is 41.6 Å². The van der Waals surface area contributed by atoms with Crippen LogP contribution >= 0.6 is 11.8 Å². The minimum atomic E-state index is -0.0264. The van der Waals surface area contributed by atoms with Crippen LogP contribution in [0.1, 0.15) is 59.8 Å². The Kier molecular flexibility index (Phi) is 6.46. The highest BCUT2D eigenvalue weighted by Gasteiger charge is 2.30. The molecule has 1 atom stereocenters. The molecule has 0 radical (unpaired) electrons. The average molecular weight is 411 g/mol. The molecule has 4 rings (SSSR count). The third-order valence-electron chi connectivity index (χ3n) is 5.80. The lowest BCUT2D eigenvalue weighted by molar-refractivity contribution is 0.0932. The summed E-state index contributed by atoms with van der Waals surface area (Å²) in [5, 5.41) is 3.22. The molecule has 0 aliphatic carbocycles. The van der Waals surface area contributed by atoms with Gasteiger partial charge in [-0.25, -0.2) is 0 Å². The van der Waals surface area contributed by atoms with E-state index in [2.05, 4.69) is 54.4 Å². The highest BCUT2D eigenvalue weighted by molar-refractivity contribution is 7.99. The Morgan fingerprint density at radius 1 is 1.24 bits per heavy atom. The van der Waals surface area contributed by atoms with E-state index in [-0.39, 0.29) is 11.9 Å². The molecule has 5 heteroatoms. The van der Waals surface area contributed by atoms with E-state index in [9.17, 15) is 4.79 Å². The molecule has 1 amide bonds. The summed E-state index contributed by atoms with van der Waals surface area (Å²) in [6.07, 6.45) is 3.24. The molecule has 0 bridgehead atoms.